The molecule has 0 spiro atoms. The van der Waals surface area contributed by atoms with Gasteiger partial charge >= 0.3 is 5.97 Å². The molecule has 0 saturated carbocycles. The highest BCUT2D eigenvalue weighted by Gasteiger charge is 2.48. The van der Waals surface area contributed by atoms with Crippen LogP contribution in [0.4, 0.5) is 5.69 Å². The number of carbonyl (C=O) groups is 2. The summed E-state index contributed by atoms with van der Waals surface area (Å²) in [5, 5.41) is 10.5. The van der Waals surface area contributed by atoms with Crippen LogP contribution in [0.1, 0.15) is 24.8 Å². The fourth-order valence-corrected chi connectivity index (χ4v) is 2.85. The minimum atomic E-state index is -0.482. The zero-order chi connectivity index (χ0) is 15.0. The molecule has 2 aliphatic rings. The summed E-state index contributed by atoms with van der Waals surface area (Å²) in [4.78, 5) is 35.1. The van der Waals surface area contributed by atoms with Crippen molar-refractivity contribution in [1.29, 1.82) is 0 Å². The lowest BCUT2D eigenvalue weighted by Gasteiger charge is -2.37. The van der Waals surface area contributed by atoms with Crippen molar-refractivity contribution >= 4 is 17.6 Å². The Hall–Kier alpha value is -2.44. The zero-order valence-electron chi connectivity index (χ0n) is 11.2. The van der Waals surface area contributed by atoms with E-state index in [1.165, 1.54) is 12.1 Å². The standard InChI is InChI=1S/C14H14N2O5/c17-13-7-11-5-6-12(15(11)13)14(18)21-8-9-1-3-10(4-2-9)16(19)20/h1-4,11-12H,5-8H2/t11-,12-/m0/s1. The zero-order valence-corrected chi connectivity index (χ0v) is 11.2. The van der Waals surface area contributed by atoms with Gasteiger partial charge in [0.2, 0.25) is 5.91 Å². The maximum Gasteiger partial charge on any atom is 0.329 e. The second-order valence-electron chi connectivity index (χ2n) is 5.28. The highest BCUT2D eigenvalue weighted by molar-refractivity contribution is 5.90. The van der Waals surface area contributed by atoms with Gasteiger partial charge in [-0.15, -0.1) is 0 Å². The first-order valence-electron chi connectivity index (χ1n) is 6.77. The summed E-state index contributed by atoms with van der Waals surface area (Å²) >= 11 is 0. The monoisotopic (exact) mass is 290 g/mol. The number of β-lactam (4-membered cyclic amide) rings is 1. The Balaban J connectivity index is 1.56. The molecule has 0 N–H and O–H groups in total. The van der Waals surface area contributed by atoms with Gasteiger partial charge in [0, 0.05) is 24.6 Å². The Morgan fingerprint density at radius 3 is 2.67 bits per heavy atom. The van der Waals surface area contributed by atoms with Gasteiger partial charge in [0.15, 0.2) is 0 Å². The molecule has 0 aliphatic carbocycles. The molecule has 0 bridgehead atoms. The Morgan fingerprint density at radius 1 is 1.33 bits per heavy atom. The van der Waals surface area contributed by atoms with Gasteiger partial charge in [-0.3, -0.25) is 14.9 Å². The summed E-state index contributed by atoms with van der Waals surface area (Å²) in [7, 11) is 0. The largest absolute Gasteiger partial charge is 0.459 e. The molecule has 1 aromatic rings. The Kier molecular flexibility index (Phi) is 3.32. The van der Waals surface area contributed by atoms with E-state index in [4.69, 9.17) is 4.74 Å². The van der Waals surface area contributed by atoms with E-state index in [0.29, 0.717) is 18.4 Å². The third-order valence-corrected chi connectivity index (χ3v) is 4.00. The first-order valence-corrected chi connectivity index (χ1v) is 6.77. The van der Waals surface area contributed by atoms with Gasteiger partial charge in [0.1, 0.15) is 12.6 Å². The van der Waals surface area contributed by atoms with Crippen LogP contribution < -0.4 is 0 Å². The predicted octanol–water partition coefficient (Wildman–Crippen LogP) is 1.40. The smallest absolute Gasteiger partial charge is 0.329 e. The number of amides is 1. The molecular formula is C14H14N2O5. The van der Waals surface area contributed by atoms with Crippen molar-refractivity contribution in [2.75, 3.05) is 0 Å². The van der Waals surface area contributed by atoms with Crippen LogP contribution in [0.5, 0.6) is 0 Å². The van der Waals surface area contributed by atoms with Crippen LogP contribution in [-0.4, -0.2) is 33.8 Å². The molecule has 0 unspecified atom stereocenters. The van der Waals surface area contributed by atoms with E-state index in [0.717, 1.165) is 6.42 Å². The summed E-state index contributed by atoms with van der Waals surface area (Å²) < 4.78 is 5.21. The van der Waals surface area contributed by atoms with Crippen molar-refractivity contribution in [3.63, 3.8) is 0 Å². The molecule has 7 nitrogen and oxygen atoms in total. The van der Waals surface area contributed by atoms with Gasteiger partial charge in [-0.25, -0.2) is 4.79 Å². The van der Waals surface area contributed by atoms with Gasteiger partial charge in [0.25, 0.3) is 5.69 Å². The fourth-order valence-electron chi connectivity index (χ4n) is 2.85. The van der Waals surface area contributed by atoms with E-state index in [1.807, 2.05) is 0 Å². The number of nitro groups is 1. The van der Waals surface area contributed by atoms with Crippen molar-refractivity contribution < 1.29 is 19.2 Å². The number of nitrogens with zero attached hydrogens (tertiary/aromatic N) is 2. The van der Waals surface area contributed by atoms with Gasteiger partial charge in [0.05, 0.1) is 4.92 Å². The summed E-state index contributed by atoms with van der Waals surface area (Å²) in [6, 6.07) is 5.58. The Morgan fingerprint density at radius 2 is 2.05 bits per heavy atom. The number of esters is 1. The van der Waals surface area contributed by atoms with Crippen LogP contribution in [0.25, 0.3) is 0 Å². The lowest BCUT2D eigenvalue weighted by atomic mass is 10.0. The number of benzene rings is 1. The number of carbonyl (C=O) groups excluding carboxylic acids is 2. The van der Waals surface area contributed by atoms with Crippen LogP contribution in [-0.2, 0) is 20.9 Å². The first-order chi connectivity index (χ1) is 10.1. The molecule has 1 amide bonds. The summed E-state index contributed by atoms with van der Waals surface area (Å²) in [6.45, 7) is 0.0556. The number of nitro benzene ring substituents is 1. The maximum atomic E-state index is 12.0. The maximum absolute atomic E-state index is 12.0. The van der Waals surface area contributed by atoms with Crippen molar-refractivity contribution in [3.05, 3.63) is 39.9 Å². The number of rotatable bonds is 4. The van der Waals surface area contributed by atoms with Crippen molar-refractivity contribution in [1.82, 2.24) is 4.90 Å². The Labute approximate surface area is 120 Å². The third kappa shape index (κ3) is 2.46. The molecule has 2 aliphatic heterocycles. The van der Waals surface area contributed by atoms with Crippen LogP contribution in [0.15, 0.2) is 24.3 Å². The lowest BCUT2D eigenvalue weighted by molar-refractivity contribution is -0.384. The second kappa shape index (κ2) is 5.16. The number of non-ortho nitro benzene ring substituents is 1. The molecule has 2 atom stereocenters. The SMILES string of the molecule is O=C(OCc1ccc([N+](=O)[O-])cc1)[C@@H]1CC[C@H]2CC(=O)N21. The second-order valence-corrected chi connectivity index (χ2v) is 5.28. The lowest BCUT2D eigenvalue weighted by Crippen LogP contribution is -2.54. The normalized spacial score (nSPS) is 23.4. The molecule has 110 valence electrons. The van der Waals surface area contributed by atoms with Crippen LogP contribution >= 0.6 is 0 Å². The van der Waals surface area contributed by atoms with Gasteiger partial charge in [-0.05, 0) is 30.5 Å². The number of fused-ring (bicyclic) bond motifs is 1. The van der Waals surface area contributed by atoms with Crippen LogP contribution in [0, 0.1) is 10.1 Å². The van der Waals surface area contributed by atoms with E-state index in [1.54, 1.807) is 17.0 Å². The van der Waals surface area contributed by atoms with Gasteiger partial charge in [-0.1, -0.05) is 0 Å². The number of ether oxygens (including phenoxy) is 1. The van der Waals surface area contributed by atoms with E-state index < -0.39 is 16.9 Å². The number of hydrogen-bond acceptors (Lipinski definition) is 5. The molecule has 2 saturated heterocycles. The van der Waals surface area contributed by atoms with Crippen molar-refractivity contribution in [3.8, 4) is 0 Å². The van der Waals surface area contributed by atoms with E-state index in [9.17, 15) is 19.7 Å². The molecule has 3 rings (SSSR count). The van der Waals surface area contributed by atoms with Crippen LogP contribution in [0.2, 0.25) is 0 Å². The summed E-state index contributed by atoms with van der Waals surface area (Å²) in [5.74, 6) is -0.390. The molecule has 0 radical (unpaired) electrons. The van der Waals surface area contributed by atoms with Gasteiger partial charge < -0.3 is 9.64 Å². The quantitative estimate of drug-likeness (QED) is 0.362. The minimum Gasteiger partial charge on any atom is -0.459 e. The van der Waals surface area contributed by atoms with Crippen molar-refractivity contribution in [2.45, 2.75) is 38.0 Å². The Bertz CT molecular complexity index is 598. The first kappa shape index (κ1) is 13.5. The summed E-state index contributed by atoms with van der Waals surface area (Å²) in [6.07, 6.45) is 2.03. The fraction of sp³-hybridized carbons (Fsp3) is 0.429. The molecule has 1 aromatic carbocycles. The van der Waals surface area contributed by atoms with Gasteiger partial charge in [-0.2, -0.15) is 0 Å². The topological polar surface area (TPSA) is 89.7 Å². The van der Waals surface area contributed by atoms with Crippen LogP contribution in [0.3, 0.4) is 0 Å². The molecule has 21 heavy (non-hydrogen) atoms. The van der Waals surface area contributed by atoms with Crippen molar-refractivity contribution in [2.24, 2.45) is 0 Å². The summed E-state index contributed by atoms with van der Waals surface area (Å²) in [5.41, 5.74) is 0.674. The molecular weight excluding hydrogens is 276 g/mol. The van der Waals surface area contributed by atoms with E-state index in [2.05, 4.69) is 0 Å². The molecule has 0 aromatic heterocycles. The third-order valence-electron chi connectivity index (χ3n) is 4.00. The number of hydrogen-bond donors (Lipinski definition) is 0. The highest BCUT2D eigenvalue weighted by atomic mass is 16.6. The van der Waals surface area contributed by atoms with E-state index in [-0.39, 0.29) is 24.2 Å². The predicted molar refractivity (Wildman–Crippen MR) is 71.2 cm³/mol. The molecule has 7 heteroatoms. The van der Waals surface area contributed by atoms with E-state index >= 15 is 0 Å². The average Bonchev–Trinajstić information content (AvgIpc) is 2.82. The highest BCUT2D eigenvalue weighted by Crippen LogP contribution is 2.35. The molecule has 2 heterocycles. The minimum absolute atomic E-state index is 0.00473. The average molecular weight is 290 g/mol. The molecule has 2 fully saturated rings.